The van der Waals surface area contributed by atoms with E-state index >= 15 is 0 Å². The van der Waals surface area contributed by atoms with Crippen LogP contribution in [0.2, 0.25) is 0 Å². The van der Waals surface area contributed by atoms with Crippen LogP contribution in [-0.2, 0) is 9.59 Å². The van der Waals surface area contributed by atoms with Crippen LogP contribution < -0.4 is 0 Å². The van der Waals surface area contributed by atoms with Crippen molar-refractivity contribution in [2.45, 2.75) is 26.7 Å². The Balaban J connectivity index is 1.93. The van der Waals surface area contributed by atoms with Crippen LogP contribution in [0.3, 0.4) is 0 Å². The van der Waals surface area contributed by atoms with Crippen molar-refractivity contribution in [1.82, 2.24) is 9.80 Å². The molecule has 0 aromatic heterocycles. The van der Waals surface area contributed by atoms with Crippen molar-refractivity contribution in [2.24, 2.45) is 0 Å². The maximum Gasteiger partial charge on any atom is 0.266 e. The molecule has 0 saturated carbocycles. The average molecular weight is 363 g/mol. The Morgan fingerprint density at radius 1 is 1.25 bits per heavy atom. The Kier molecular flexibility index (Phi) is 6.99. The number of nitrogens with zero attached hydrogens (tertiary/aromatic N) is 2. The zero-order valence-electron chi connectivity index (χ0n) is 14.0. The molecule has 2 rings (SSSR count). The monoisotopic (exact) mass is 362 g/mol. The van der Waals surface area contributed by atoms with E-state index in [0.29, 0.717) is 28.6 Å². The van der Waals surface area contributed by atoms with Gasteiger partial charge >= 0.3 is 0 Å². The van der Waals surface area contributed by atoms with Crippen LogP contribution in [0.1, 0.15) is 32.3 Å². The van der Waals surface area contributed by atoms with Gasteiger partial charge in [0.2, 0.25) is 5.91 Å². The standard InChI is InChI=1S/C18H22N2O2S2/c1-3-19(4-2)16(21)11-8-12-20-17(22)15(24-18(20)23)13-14-9-6-5-7-10-14/h5-7,9-10,13H,3-4,8,11-12H2,1-2H3/b15-13+. The molecule has 0 bridgehead atoms. The van der Waals surface area contributed by atoms with E-state index in [1.54, 1.807) is 9.80 Å². The fourth-order valence-corrected chi connectivity index (χ4v) is 3.82. The van der Waals surface area contributed by atoms with Gasteiger partial charge in [-0.2, -0.15) is 0 Å². The number of rotatable bonds is 7. The number of hydrogen-bond donors (Lipinski definition) is 0. The number of thioether (sulfide) groups is 1. The predicted octanol–water partition coefficient (Wildman–Crippen LogP) is 3.54. The van der Waals surface area contributed by atoms with Gasteiger partial charge in [0.25, 0.3) is 5.91 Å². The quantitative estimate of drug-likeness (QED) is 0.549. The van der Waals surface area contributed by atoms with Crippen LogP contribution in [-0.4, -0.2) is 45.6 Å². The zero-order valence-corrected chi connectivity index (χ0v) is 15.7. The molecule has 4 nitrogen and oxygen atoms in total. The SMILES string of the molecule is CCN(CC)C(=O)CCCN1C(=O)/C(=C\c2ccccc2)SC1=S. The fourth-order valence-electron chi connectivity index (χ4n) is 2.52. The van der Waals surface area contributed by atoms with E-state index in [0.717, 1.165) is 18.7 Å². The lowest BCUT2D eigenvalue weighted by Crippen LogP contribution is -2.33. The highest BCUT2D eigenvalue weighted by atomic mass is 32.2. The minimum atomic E-state index is -0.0656. The molecule has 2 amide bonds. The van der Waals surface area contributed by atoms with Gasteiger partial charge in [-0.3, -0.25) is 14.5 Å². The van der Waals surface area contributed by atoms with E-state index < -0.39 is 0 Å². The second-order valence-electron chi connectivity index (χ2n) is 5.41. The number of carbonyl (C=O) groups excluding carboxylic acids is 2. The topological polar surface area (TPSA) is 40.6 Å². The van der Waals surface area contributed by atoms with E-state index in [-0.39, 0.29) is 11.8 Å². The Labute approximate surface area is 152 Å². The van der Waals surface area contributed by atoms with Crippen LogP contribution in [0, 0.1) is 0 Å². The van der Waals surface area contributed by atoms with Crippen molar-refractivity contribution >= 4 is 46.2 Å². The molecule has 1 aliphatic rings. The Morgan fingerprint density at radius 2 is 1.92 bits per heavy atom. The van der Waals surface area contributed by atoms with Gasteiger partial charge in [-0.25, -0.2) is 0 Å². The molecule has 0 radical (unpaired) electrons. The molecule has 1 fully saturated rings. The van der Waals surface area contributed by atoms with Crippen LogP contribution in [0.5, 0.6) is 0 Å². The van der Waals surface area contributed by atoms with E-state index in [4.69, 9.17) is 12.2 Å². The molecule has 1 aliphatic heterocycles. The lowest BCUT2D eigenvalue weighted by atomic mass is 10.2. The van der Waals surface area contributed by atoms with Gasteiger partial charge in [0.15, 0.2) is 0 Å². The lowest BCUT2D eigenvalue weighted by molar-refractivity contribution is -0.131. The normalized spacial score (nSPS) is 16.1. The second-order valence-corrected chi connectivity index (χ2v) is 7.09. The number of thiocarbonyl (C=S) groups is 1. The molecule has 0 unspecified atom stereocenters. The summed E-state index contributed by atoms with van der Waals surface area (Å²) in [5.74, 6) is 0.0643. The Bertz CT molecular complexity index is 640. The van der Waals surface area contributed by atoms with Gasteiger partial charge < -0.3 is 4.90 Å². The highest BCUT2D eigenvalue weighted by Gasteiger charge is 2.31. The summed E-state index contributed by atoms with van der Waals surface area (Å²) in [4.78, 5) is 28.6. The highest BCUT2D eigenvalue weighted by molar-refractivity contribution is 8.26. The Morgan fingerprint density at radius 3 is 2.54 bits per heavy atom. The van der Waals surface area contributed by atoms with Crippen LogP contribution in [0.4, 0.5) is 0 Å². The van der Waals surface area contributed by atoms with Gasteiger partial charge in [0.05, 0.1) is 4.91 Å². The minimum absolute atomic E-state index is 0.0656. The van der Waals surface area contributed by atoms with Crippen molar-refractivity contribution in [3.05, 3.63) is 40.8 Å². The maximum atomic E-state index is 12.5. The molecule has 24 heavy (non-hydrogen) atoms. The summed E-state index contributed by atoms with van der Waals surface area (Å²) in [6, 6.07) is 9.72. The summed E-state index contributed by atoms with van der Waals surface area (Å²) < 4.78 is 0.567. The molecule has 6 heteroatoms. The summed E-state index contributed by atoms with van der Waals surface area (Å²) >= 11 is 6.64. The summed E-state index contributed by atoms with van der Waals surface area (Å²) in [5, 5.41) is 0. The van der Waals surface area contributed by atoms with Crippen molar-refractivity contribution in [1.29, 1.82) is 0 Å². The smallest absolute Gasteiger partial charge is 0.266 e. The number of carbonyl (C=O) groups is 2. The molecule has 1 aromatic carbocycles. The highest BCUT2D eigenvalue weighted by Crippen LogP contribution is 2.32. The molecular formula is C18H22N2O2S2. The molecule has 0 spiro atoms. The molecule has 1 saturated heterocycles. The van der Waals surface area contributed by atoms with Gasteiger partial charge in [0.1, 0.15) is 4.32 Å². The van der Waals surface area contributed by atoms with Crippen molar-refractivity contribution in [3.63, 3.8) is 0 Å². The van der Waals surface area contributed by atoms with Crippen molar-refractivity contribution in [2.75, 3.05) is 19.6 Å². The first-order chi connectivity index (χ1) is 11.6. The molecule has 0 aliphatic carbocycles. The first kappa shape index (κ1) is 18.7. The predicted molar refractivity (Wildman–Crippen MR) is 103 cm³/mol. The third-order valence-electron chi connectivity index (χ3n) is 3.86. The summed E-state index contributed by atoms with van der Waals surface area (Å²) in [6.07, 6.45) is 2.93. The summed E-state index contributed by atoms with van der Waals surface area (Å²) in [5.41, 5.74) is 0.981. The first-order valence-corrected chi connectivity index (χ1v) is 9.37. The largest absolute Gasteiger partial charge is 0.343 e. The fraction of sp³-hybridized carbons (Fsp3) is 0.389. The van der Waals surface area contributed by atoms with E-state index in [1.165, 1.54) is 11.8 Å². The third kappa shape index (κ3) is 4.68. The van der Waals surface area contributed by atoms with E-state index in [2.05, 4.69) is 0 Å². The van der Waals surface area contributed by atoms with Crippen molar-refractivity contribution < 1.29 is 9.59 Å². The van der Waals surface area contributed by atoms with Gasteiger partial charge in [-0.05, 0) is 31.9 Å². The molecule has 128 valence electrons. The zero-order chi connectivity index (χ0) is 17.5. The van der Waals surface area contributed by atoms with Crippen LogP contribution in [0.15, 0.2) is 35.2 Å². The molecule has 0 N–H and O–H groups in total. The number of hydrogen-bond acceptors (Lipinski definition) is 4. The summed E-state index contributed by atoms with van der Waals surface area (Å²) in [6.45, 7) is 5.87. The average Bonchev–Trinajstić information content (AvgIpc) is 2.84. The molecule has 0 atom stereocenters. The molecule has 1 aromatic rings. The number of benzene rings is 1. The van der Waals surface area contributed by atoms with Crippen molar-refractivity contribution in [3.8, 4) is 0 Å². The van der Waals surface area contributed by atoms with Gasteiger partial charge in [-0.1, -0.05) is 54.3 Å². The maximum absolute atomic E-state index is 12.5. The van der Waals surface area contributed by atoms with Gasteiger partial charge in [0, 0.05) is 26.1 Å². The van der Waals surface area contributed by atoms with Crippen LogP contribution in [0.25, 0.3) is 6.08 Å². The third-order valence-corrected chi connectivity index (χ3v) is 5.24. The molecular weight excluding hydrogens is 340 g/mol. The van der Waals surface area contributed by atoms with E-state index in [9.17, 15) is 9.59 Å². The van der Waals surface area contributed by atoms with Crippen LogP contribution >= 0.6 is 24.0 Å². The summed E-state index contributed by atoms with van der Waals surface area (Å²) in [7, 11) is 0. The number of amides is 2. The lowest BCUT2D eigenvalue weighted by Gasteiger charge is -2.19. The van der Waals surface area contributed by atoms with E-state index in [1.807, 2.05) is 50.3 Å². The first-order valence-electron chi connectivity index (χ1n) is 8.15. The molecule has 1 heterocycles. The Hall–Kier alpha value is -1.66. The minimum Gasteiger partial charge on any atom is -0.343 e. The second kappa shape index (κ2) is 8.99. The van der Waals surface area contributed by atoms with Gasteiger partial charge in [-0.15, -0.1) is 0 Å².